The minimum Gasteiger partial charge on any atom is -0.335 e. The van der Waals surface area contributed by atoms with Gasteiger partial charge in [-0.2, -0.15) is 0 Å². The molecule has 1 saturated carbocycles. The van der Waals surface area contributed by atoms with E-state index in [2.05, 4.69) is 5.32 Å². The van der Waals surface area contributed by atoms with Gasteiger partial charge in [0.25, 0.3) is 0 Å². The normalized spacial score (nSPS) is 15.3. The van der Waals surface area contributed by atoms with E-state index < -0.39 is 0 Å². The molecule has 112 valence electrons. The number of hydrogen-bond donors (Lipinski definition) is 1. The Kier molecular flexibility index (Phi) is 6.80. The molecule has 0 radical (unpaired) electrons. The molecule has 2 rings (SSSR count). The van der Waals surface area contributed by atoms with Gasteiger partial charge in [0.15, 0.2) is 0 Å². The topological polar surface area (TPSA) is 32.3 Å². The van der Waals surface area contributed by atoms with Gasteiger partial charge in [-0.1, -0.05) is 30.7 Å². The van der Waals surface area contributed by atoms with Crippen LogP contribution in [0, 0.1) is 5.92 Å². The van der Waals surface area contributed by atoms with Crippen LogP contribution in [-0.4, -0.2) is 30.4 Å². The van der Waals surface area contributed by atoms with Crippen LogP contribution < -0.4 is 5.32 Å². The maximum atomic E-state index is 12.4. The van der Waals surface area contributed by atoms with Crippen molar-refractivity contribution in [3.8, 4) is 0 Å². The molecular formula is C15H22Cl2N2O. The van der Waals surface area contributed by atoms with Gasteiger partial charge >= 0.3 is 0 Å². The number of amides is 1. The first-order valence-corrected chi connectivity index (χ1v) is 7.19. The van der Waals surface area contributed by atoms with Gasteiger partial charge in [0.1, 0.15) is 0 Å². The molecule has 0 aliphatic heterocycles. The van der Waals surface area contributed by atoms with E-state index in [0.29, 0.717) is 12.6 Å². The van der Waals surface area contributed by atoms with E-state index in [9.17, 15) is 4.79 Å². The van der Waals surface area contributed by atoms with Crippen LogP contribution in [-0.2, 0) is 11.3 Å². The van der Waals surface area contributed by atoms with Crippen molar-refractivity contribution >= 4 is 29.9 Å². The van der Waals surface area contributed by atoms with Crippen molar-refractivity contribution in [2.45, 2.75) is 32.4 Å². The van der Waals surface area contributed by atoms with E-state index in [1.807, 2.05) is 43.1 Å². The fourth-order valence-corrected chi connectivity index (χ4v) is 2.36. The molecule has 1 aliphatic carbocycles. The van der Waals surface area contributed by atoms with Crippen molar-refractivity contribution in [1.29, 1.82) is 0 Å². The van der Waals surface area contributed by atoms with Crippen molar-refractivity contribution < 1.29 is 4.79 Å². The predicted molar refractivity (Wildman–Crippen MR) is 85.4 cm³/mol. The summed E-state index contributed by atoms with van der Waals surface area (Å²) < 4.78 is 0. The van der Waals surface area contributed by atoms with Crippen molar-refractivity contribution in [1.82, 2.24) is 10.2 Å². The summed E-state index contributed by atoms with van der Waals surface area (Å²) in [6.45, 7) is 3.40. The fourth-order valence-electron chi connectivity index (χ4n) is 2.24. The number of halogens is 2. The Labute approximate surface area is 132 Å². The lowest BCUT2D eigenvalue weighted by Gasteiger charge is -2.26. The van der Waals surface area contributed by atoms with Crippen LogP contribution in [0.5, 0.6) is 0 Å². The molecule has 1 aliphatic rings. The van der Waals surface area contributed by atoms with Crippen LogP contribution in [0.1, 0.15) is 25.3 Å². The van der Waals surface area contributed by atoms with E-state index >= 15 is 0 Å². The standard InChI is InChI=1S/C15H21ClN2O.ClH/c1-11(9-17-2)15(19)18(14-7-8-14)10-12-3-5-13(16)6-4-12;/h3-6,11,14,17H,7-10H2,1-2H3;1H. The summed E-state index contributed by atoms with van der Waals surface area (Å²) in [4.78, 5) is 14.5. The highest BCUT2D eigenvalue weighted by molar-refractivity contribution is 6.30. The Morgan fingerprint density at radius 3 is 2.50 bits per heavy atom. The van der Waals surface area contributed by atoms with E-state index in [1.54, 1.807) is 0 Å². The molecule has 5 heteroatoms. The minimum atomic E-state index is 0. The molecule has 20 heavy (non-hydrogen) atoms. The summed E-state index contributed by atoms with van der Waals surface area (Å²) in [6.07, 6.45) is 2.26. The number of nitrogens with zero attached hydrogens (tertiary/aromatic N) is 1. The van der Waals surface area contributed by atoms with Gasteiger partial charge in [0, 0.05) is 30.1 Å². The third-order valence-electron chi connectivity index (χ3n) is 3.47. The largest absolute Gasteiger partial charge is 0.335 e. The lowest BCUT2D eigenvalue weighted by Crippen LogP contribution is -2.39. The van der Waals surface area contributed by atoms with Crippen molar-refractivity contribution in [3.05, 3.63) is 34.9 Å². The number of hydrogen-bond acceptors (Lipinski definition) is 2. The predicted octanol–water partition coefficient (Wildman–Crippen LogP) is 3.11. The van der Waals surface area contributed by atoms with E-state index in [-0.39, 0.29) is 24.2 Å². The molecule has 1 unspecified atom stereocenters. The highest BCUT2D eigenvalue weighted by atomic mass is 35.5. The van der Waals surface area contributed by atoms with Gasteiger partial charge < -0.3 is 10.2 Å². The lowest BCUT2D eigenvalue weighted by atomic mass is 10.1. The van der Waals surface area contributed by atoms with Crippen LogP contribution in [0.25, 0.3) is 0 Å². The van der Waals surface area contributed by atoms with Crippen molar-refractivity contribution in [2.24, 2.45) is 5.92 Å². The van der Waals surface area contributed by atoms with Gasteiger partial charge in [0.2, 0.25) is 5.91 Å². The molecule has 1 atom stereocenters. The van der Waals surface area contributed by atoms with Crippen molar-refractivity contribution in [3.63, 3.8) is 0 Å². The Bertz CT molecular complexity index is 432. The molecule has 0 saturated heterocycles. The van der Waals surface area contributed by atoms with E-state index in [1.165, 1.54) is 0 Å². The number of rotatable bonds is 6. The lowest BCUT2D eigenvalue weighted by molar-refractivity contribution is -0.136. The van der Waals surface area contributed by atoms with Crippen LogP contribution in [0.3, 0.4) is 0 Å². The third kappa shape index (κ3) is 4.65. The Morgan fingerprint density at radius 2 is 2.00 bits per heavy atom. The Balaban J connectivity index is 0.00000200. The maximum absolute atomic E-state index is 12.4. The first-order chi connectivity index (χ1) is 9.11. The van der Waals surface area contributed by atoms with Gasteiger partial charge in [-0.3, -0.25) is 4.79 Å². The molecule has 0 aromatic heterocycles. The average Bonchev–Trinajstić information content (AvgIpc) is 3.22. The smallest absolute Gasteiger partial charge is 0.227 e. The summed E-state index contributed by atoms with van der Waals surface area (Å²) in [5.74, 6) is 0.268. The van der Waals surface area contributed by atoms with Gasteiger partial charge in [-0.15, -0.1) is 12.4 Å². The quantitative estimate of drug-likeness (QED) is 0.874. The number of nitrogens with one attached hydrogen (secondary N) is 1. The summed E-state index contributed by atoms with van der Waals surface area (Å²) in [5, 5.41) is 3.80. The highest BCUT2D eigenvalue weighted by Crippen LogP contribution is 2.29. The second-order valence-corrected chi connectivity index (χ2v) is 5.72. The van der Waals surface area contributed by atoms with Crippen LogP contribution in [0.2, 0.25) is 5.02 Å². The van der Waals surface area contributed by atoms with Gasteiger partial charge in [-0.25, -0.2) is 0 Å². The molecule has 1 N–H and O–H groups in total. The molecule has 1 fully saturated rings. The zero-order valence-corrected chi connectivity index (χ0v) is 13.5. The average molecular weight is 317 g/mol. The molecule has 1 amide bonds. The maximum Gasteiger partial charge on any atom is 0.227 e. The molecule has 0 heterocycles. The number of carbonyl (C=O) groups is 1. The number of benzene rings is 1. The molecule has 3 nitrogen and oxygen atoms in total. The van der Waals surface area contributed by atoms with E-state index in [4.69, 9.17) is 11.6 Å². The zero-order valence-electron chi connectivity index (χ0n) is 11.9. The molecule has 0 spiro atoms. The highest BCUT2D eigenvalue weighted by Gasteiger charge is 2.34. The number of carbonyl (C=O) groups excluding carboxylic acids is 1. The third-order valence-corrected chi connectivity index (χ3v) is 3.72. The SMILES string of the molecule is CNCC(C)C(=O)N(Cc1ccc(Cl)cc1)C1CC1.Cl. The second kappa shape index (κ2) is 7.87. The van der Waals surface area contributed by atoms with Crippen LogP contribution in [0.15, 0.2) is 24.3 Å². The molecular weight excluding hydrogens is 295 g/mol. The zero-order chi connectivity index (χ0) is 13.8. The fraction of sp³-hybridized carbons (Fsp3) is 0.533. The van der Waals surface area contributed by atoms with Gasteiger partial charge in [0.05, 0.1) is 0 Å². The van der Waals surface area contributed by atoms with Crippen molar-refractivity contribution in [2.75, 3.05) is 13.6 Å². The first kappa shape index (κ1) is 17.3. The summed E-state index contributed by atoms with van der Waals surface area (Å²) in [7, 11) is 1.88. The van der Waals surface area contributed by atoms with Crippen LogP contribution >= 0.6 is 24.0 Å². The Morgan fingerprint density at radius 1 is 1.40 bits per heavy atom. The summed E-state index contributed by atoms with van der Waals surface area (Å²) in [5.41, 5.74) is 1.14. The molecule has 1 aromatic carbocycles. The second-order valence-electron chi connectivity index (χ2n) is 5.28. The van der Waals surface area contributed by atoms with Crippen LogP contribution in [0.4, 0.5) is 0 Å². The first-order valence-electron chi connectivity index (χ1n) is 6.81. The monoisotopic (exact) mass is 316 g/mol. The molecule has 0 bridgehead atoms. The van der Waals surface area contributed by atoms with Gasteiger partial charge in [-0.05, 0) is 37.6 Å². The summed E-state index contributed by atoms with van der Waals surface area (Å²) in [6, 6.07) is 8.18. The minimum absolute atomic E-state index is 0. The molecule has 1 aromatic rings. The van der Waals surface area contributed by atoms with E-state index in [0.717, 1.165) is 30.0 Å². The summed E-state index contributed by atoms with van der Waals surface area (Å²) >= 11 is 5.89. The Hall–Kier alpha value is -0.770.